The predicted molar refractivity (Wildman–Crippen MR) is 69.8 cm³/mol. The monoisotopic (exact) mass is 238 g/mol. The molecule has 0 aliphatic heterocycles. The largest absolute Gasteiger partial charge is 0.378 e. The van der Waals surface area contributed by atoms with Crippen LogP contribution in [0.3, 0.4) is 0 Å². The number of nitriles is 1. The maximum Gasteiger partial charge on any atom is 0.0621 e. The van der Waals surface area contributed by atoms with Crippen LogP contribution in [0, 0.1) is 11.3 Å². The first-order valence-electron chi connectivity index (χ1n) is 7.08. The maximum atomic E-state index is 8.42. The van der Waals surface area contributed by atoms with E-state index in [-0.39, 0.29) is 0 Å². The number of rotatable bonds is 8. The third-order valence-corrected chi connectivity index (χ3v) is 3.39. The average Bonchev–Trinajstić information content (AvgIpc) is 2.37. The summed E-state index contributed by atoms with van der Waals surface area (Å²) in [5, 5.41) is 12.0. The van der Waals surface area contributed by atoms with Crippen LogP contribution in [0.5, 0.6) is 0 Å². The van der Waals surface area contributed by atoms with E-state index >= 15 is 0 Å². The third kappa shape index (κ3) is 6.65. The van der Waals surface area contributed by atoms with E-state index < -0.39 is 0 Å². The lowest BCUT2D eigenvalue weighted by Crippen LogP contribution is -2.35. The second kappa shape index (κ2) is 9.44. The van der Waals surface area contributed by atoms with E-state index in [4.69, 9.17) is 10.00 Å². The van der Waals surface area contributed by atoms with E-state index in [1.54, 1.807) is 0 Å². The van der Waals surface area contributed by atoms with Crippen LogP contribution in [0.15, 0.2) is 0 Å². The van der Waals surface area contributed by atoms with Gasteiger partial charge in [-0.3, -0.25) is 0 Å². The quantitative estimate of drug-likeness (QED) is 0.661. The lowest BCUT2D eigenvalue weighted by molar-refractivity contribution is 0.0208. The highest BCUT2D eigenvalue weighted by Gasteiger charge is 2.20. The molecule has 0 radical (unpaired) electrons. The molecule has 3 heteroatoms. The molecule has 1 fully saturated rings. The zero-order chi connectivity index (χ0) is 12.3. The normalized spacial score (nSPS) is 24.5. The number of unbranched alkanes of at least 4 members (excludes halogenated alkanes) is 2. The summed E-state index contributed by atoms with van der Waals surface area (Å²) in [6, 6.07) is 2.88. The molecule has 1 N–H and O–H groups in total. The van der Waals surface area contributed by atoms with Crippen LogP contribution >= 0.6 is 0 Å². The molecule has 0 aromatic heterocycles. The summed E-state index contributed by atoms with van der Waals surface area (Å²) in [6.45, 7) is 4.19. The van der Waals surface area contributed by atoms with Crippen LogP contribution in [0.4, 0.5) is 0 Å². The summed E-state index contributed by atoms with van der Waals surface area (Å²) in [6.07, 6.45) is 9.25. The molecule has 1 saturated carbocycles. The molecule has 0 spiro atoms. The van der Waals surface area contributed by atoms with Gasteiger partial charge in [-0.1, -0.05) is 6.92 Å². The summed E-state index contributed by atoms with van der Waals surface area (Å²) < 4.78 is 5.85. The summed E-state index contributed by atoms with van der Waals surface area (Å²) in [7, 11) is 0. The minimum absolute atomic E-state index is 0.469. The zero-order valence-electron chi connectivity index (χ0n) is 11.1. The summed E-state index contributed by atoms with van der Waals surface area (Å²) in [5.41, 5.74) is 0. The average molecular weight is 238 g/mol. The molecule has 0 aromatic rings. The number of hydrogen-bond donors (Lipinski definition) is 1. The van der Waals surface area contributed by atoms with Crippen LogP contribution in [0.25, 0.3) is 0 Å². The van der Waals surface area contributed by atoms with E-state index in [0.717, 1.165) is 26.0 Å². The molecule has 0 aromatic carbocycles. The fourth-order valence-electron chi connectivity index (χ4n) is 2.34. The SMILES string of the molecule is CCCNC1CCC(OCCCCC#N)CC1. The van der Waals surface area contributed by atoms with E-state index in [0.29, 0.717) is 18.6 Å². The molecule has 0 atom stereocenters. The van der Waals surface area contributed by atoms with Gasteiger partial charge in [-0.05, 0) is 51.5 Å². The Morgan fingerprint density at radius 1 is 1.24 bits per heavy atom. The van der Waals surface area contributed by atoms with Crippen molar-refractivity contribution < 1.29 is 4.74 Å². The second-order valence-electron chi connectivity index (χ2n) is 4.91. The Morgan fingerprint density at radius 3 is 2.65 bits per heavy atom. The summed E-state index contributed by atoms with van der Waals surface area (Å²) in [5.74, 6) is 0. The molecule has 0 heterocycles. The molecular weight excluding hydrogens is 212 g/mol. The highest BCUT2D eigenvalue weighted by molar-refractivity contribution is 4.77. The van der Waals surface area contributed by atoms with Crippen LogP contribution in [-0.4, -0.2) is 25.3 Å². The van der Waals surface area contributed by atoms with Crippen molar-refractivity contribution >= 4 is 0 Å². The Balaban J connectivity index is 1.97. The number of nitrogens with one attached hydrogen (secondary N) is 1. The minimum atomic E-state index is 0.469. The van der Waals surface area contributed by atoms with E-state index in [9.17, 15) is 0 Å². The first-order valence-corrected chi connectivity index (χ1v) is 7.08. The fraction of sp³-hybridized carbons (Fsp3) is 0.929. The highest BCUT2D eigenvalue weighted by atomic mass is 16.5. The Morgan fingerprint density at radius 2 is 2.00 bits per heavy atom. The number of ether oxygens (including phenoxy) is 1. The smallest absolute Gasteiger partial charge is 0.0621 e. The molecule has 1 aliphatic carbocycles. The standard InChI is InChI=1S/C14H26N2O/c1-2-11-16-13-6-8-14(9-7-13)17-12-5-3-4-10-15/h13-14,16H,2-9,11-12H2,1H3. The van der Waals surface area contributed by atoms with Crippen molar-refractivity contribution in [3.8, 4) is 6.07 Å². The van der Waals surface area contributed by atoms with Crippen LogP contribution in [-0.2, 0) is 4.74 Å². The maximum absolute atomic E-state index is 8.42. The van der Waals surface area contributed by atoms with Gasteiger partial charge in [0.05, 0.1) is 12.2 Å². The summed E-state index contributed by atoms with van der Waals surface area (Å²) >= 11 is 0. The van der Waals surface area contributed by atoms with Gasteiger partial charge in [-0.15, -0.1) is 0 Å². The van der Waals surface area contributed by atoms with Crippen molar-refractivity contribution in [3.63, 3.8) is 0 Å². The Labute approximate surface area is 106 Å². The van der Waals surface area contributed by atoms with Gasteiger partial charge in [-0.25, -0.2) is 0 Å². The van der Waals surface area contributed by atoms with Crippen LogP contribution < -0.4 is 5.32 Å². The third-order valence-electron chi connectivity index (χ3n) is 3.39. The van der Waals surface area contributed by atoms with Gasteiger partial charge in [0.25, 0.3) is 0 Å². The van der Waals surface area contributed by atoms with E-state index in [1.165, 1.54) is 32.1 Å². The zero-order valence-corrected chi connectivity index (χ0v) is 11.1. The van der Waals surface area contributed by atoms with Gasteiger partial charge >= 0.3 is 0 Å². The van der Waals surface area contributed by atoms with Crippen molar-refractivity contribution in [3.05, 3.63) is 0 Å². The molecule has 0 amide bonds. The topological polar surface area (TPSA) is 45.0 Å². The van der Waals surface area contributed by atoms with Gasteiger partial charge in [-0.2, -0.15) is 5.26 Å². The Bertz CT molecular complexity index is 217. The fourth-order valence-corrected chi connectivity index (χ4v) is 2.34. The molecule has 1 rings (SSSR count). The van der Waals surface area contributed by atoms with Gasteiger partial charge in [0.2, 0.25) is 0 Å². The van der Waals surface area contributed by atoms with Crippen molar-refractivity contribution in [1.29, 1.82) is 5.26 Å². The molecule has 3 nitrogen and oxygen atoms in total. The highest BCUT2D eigenvalue weighted by Crippen LogP contribution is 2.21. The molecule has 0 bridgehead atoms. The lowest BCUT2D eigenvalue weighted by Gasteiger charge is -2.29. The van der Waals surface area contributed by atoms with E-state index in [2.05, 4.69) is 18.3 Å². The molecule has 17 heavy (non-hydrogen) atoms. The van der Waals surface area contributed by atoms with Crippen molar-refractivity contribution in [2.24, 2.45) is 0 Å². The Kier molecular flexibility index (Phi) is 8.04. The summed E-state index contributed by atoms with van der Waals surface area (Å²) in [4.78, 5) is 0. The number of nitrogens with zero attached hydrogens (tertiary/aromatic N) is 1. The predicted octanol–water partition coefficient (Wildman–Crippen LogP) is 3.01. The molecule has 98 valence electrons. The first kappa shape index (κ1) is 14.5. The van der Waals surface area contributed by atoms with E-state index in [1.807, 2.05) is 0 Å². The molecule has 0 unspecified atom stereocenters. The Hall–Kier alpha value is -0.590. The number of hydrogen-bond acceptors (Lipinski definition) is 3. The second-order valence-corrected chi connectivity index (χ2v) is 4.91. The first-order chi connectivity index (χ1) is 8.36. The molecule has 1 aliphatic rings. The van der Waals surface area contributed by atoms with Crippen molar-refractivity contribution in [1.82, 2.24) is 5.32 Å². The van der Waals surface area contributed by atoms with Gasteiger partial charge in [0, 0.05) is 19.1 Å². The molecule has 0 saturated heterocycles. The van der Waals surface area contributed by atoms with Gasteiger partial charge in [0.15, 0.2) is 0 Å². The van der Waals surface area contributed by atoms with Gasteiger partial charge in [0.1, 0.15) is 0 Å². The van der Waals surface area contributed by atoms with Gasteiger partial charge < -0.3 is 10.1 Å². The lowest BCUT2D eigenvalue weighted by atomic mass is 9.93. The minimum Gasteiger partial charge on any atom is -0.378 e. The van der Waals surface area contributed by atoms with Crippen molar-refractivity contribution in [2.45, 2.75) is 70.4 Å². The van der Waals surface area contributed by atoms with Crippen molar-refractivity contribution in [2.75, 3.05) is 13.2 Å². The van der Waals surface area contributed by atoms with Crippen LogP contribution in [0.2, 0.25) is 0 Å². The molecular formula is C14H26N2O. The van der Waals surface area contributed by atoms with Crippen LogP contribution in [0.1, 0.15) is 58.3 Å².